The summed E-state index contributed by atoms with van der Waals surface area (Å²) in [5.74, 6) is 1.79. The largest absolute Gasteiger partial charge is 0.372 e. The van der Waals surface area contributed by atoms with Crippen molar-refractivity contribution in [2.75, 3.05) is 31.6 Å². The van der Waals surface area contributed by atoms with Crippen LogP contribution in [0.3, 0.4) is 0 Å². The van der Waals surface area contributed by atoms with Crippen LogP contribution in [0.1, 0.15) is 35.0 Å². The molecule has 2 unspecified atom stereocenters. The smallest absolute Gasteiger partial charge is 0.191 e. The molecular weight excluding hydrogens is 511 g/mol. The first-order valence-electron chi connectivity index (χ1n) is 10.2. The summed E-state index contributed by atoms with van der Waals surface area (Å²) in [5, 5.41) is 7.86. The number of morpholine rings is 1. The van der Waals surface area contributed by atoms with E-state index in [1.165, 1.54) is 4.88 Å². The van der Waals surface area contributed by atoms with Crippen molar-refractivity contribution in [2.24, 2.45) is 4.99 Å². The molecule has 1 fully saturated rings. The topological polar surface area (TPSA) is 74.7 Å². The van der Waals surface area contributed by atoms with E-state index in [1.807, 2.05) is 6.20 Å². The molecule has 1 aliphatic rings. The highest BCUT2D eigenvalue weighted by atomic mass is 127. The number of aliphatic imine (C=N–C) groups is 1. The summed E-state index contributed by atoms with van der Waals surface area (Å²) in [4.78, 5) is 17.1. The van der Waals surface area contributed by atoms with Gasteiger partial charge in [-0.15, -0.1) is 35.3 Å². The molecule has 7 nitrogen and oxygen atoms in total. The zero-order valence-corrected chi connectivity index (χ0v) is 21.6. The Kier molecular flexibility index (Phi) is 9.76. The number of hydrogen-bond donors (Lipinski definition) is 2. The molecule has 166 valence electrons. The zero-order valence-electron chi connectivity index (χ0n) is 18.4. The highest BCUT2D eigenvalue weighted by molar-refractivity contribution is 14.0. The summed E-state index contributed by atoms with van der Waals surface area (Å²) in [6.07, 6.45) is 3.29. The van der Waals surface area contributed by atoms with Gasteiger partial charge >= 0.3 is 0 Å². The quantitative estimate of drug-likeness (QED) is 0.331. The predicted molar refractivity (Wildman–Crippen MR) is 135 cm³/mol. The Morgan fingerprint density at radius 1 is 1.23 bits per heavy atom. The number of nitrogens with zero attached hydrogens (tertiary/aromatic N) is 4. The molecule has 0 radical (unpaired) electrons. The second-order valence-corrected chi connectivity index (χ2v) is 8.83. The van der Waals surface area contributed by atoms with Gasteiger partial charge in [-0.25, -0.2) is 9.97 Å². The molecule has 2 N–H and O–H groups in total. The summed E-state index contributed by atoms with van der Waals surface area (Å²) in [5.41, 5.74) is 2.25. The fourth-order valence-electron chi connectivity index (χ4n) is 3.41. The Morgan fingerprint density at radius 3 is 2.53 bits per heavy atom. The number of guanidine groups is 1. The number of ether oxygens (including phenoxy) is 1. The van der Waals surface area contributed by atoms with Gasteiger partial charge in [0.05, 0.1) is 22.9 Å². The highest BCUT2D eigenvalue weighted by Crippen LogP contribution is 2.18. The minimum absolute atomic E-state index is 0. The van der Waals surface area contributed by atoms with Gasteiger partial charge in [-0.3, -0.25) is 4.99 Å². The first-order chi connectivity index (χ1) is 13.9. The highest BCUT2D eigenvalue weighted by Gasteiger charge is 2.22. The maximum absolute atomic E-state index is 5.80. The SMILES string of the molecule is CN=C(NCCc1nc(C)c(C)s1)NCc1ccc(N2CC(C)OC(C)C2)nc1.I. The van der Waals surface area contributed by atoms with E-state index in [-0.39, 0.29) is 36.2 Å². The fourth-order valence-corrected chi connectivity index (χ4v) is 4.35. The van der Waals surface area contributed by atoms with Gasteiger partial charge in [0.15, 0.2) is 5.96 Å². The molecule has 0 bridgehead atoms. The van der Waals surface area contributed by atoms with E-state index in [4.69, 9.17) is 4.74 Å². The van der Waals surface area contributed by atoms with Crippen molar-refractivity contribution in [3.8, 4) is 0 Å². The average molecular weight is 545 g/mol. The summed E-state index contributed by atoms with van der Waals surface area (Å²) < 4.78 is 5.80. The molecule has 3 rings (SSSR count). The second kappa shape index (κ2) is 11.8. The number of aryl methyl sites for hydroxylation is 2. The van der Waals surface area contributed by atoms with Gasteiger partial charge in [0.25, 0.3) is 0 Å². The molecule has 0 amide bonds. The molecule has 0 spiro atoms. The van der Waals surface area contributed by atoms with Crippen molar-refractivity contribution < 1.29 is 4.74 Å². The van der Waals surface area contributed by atoms with Crippen LogP contribution in [0.25, 0.3) is 0 Å². The lowest BCUT2D eigenvalue weighted by molar-refractivity contribution is -0.00545. The lowest BCUT2D eigenvalue weighted by atomic mass is 10.2. The molecule has 0 aromatic carbocycles. The van der Waals surface area contributed by atoms with Gasteiger partial charge in [-0.2, -0.15) is 0 Å². The number of rotatable bonds is 6. The normalized spacial score (nSPS) is 19.4. The number of pyridine rings is 1. The van der Waals surface area contributed by atoms with Crippen molar-refractivity contribution >= 4 is 47.1 Å². The van der Waals surface area contributed by atoms with E-state index in [1.54, 1.807) is 18.4 Å². The number of anilines is 1. The number of aromatic nitrogens is 2. The van der Waals surface area contributed by atoms with Gasteiger partial charge in [0, 0.05) is 50.7 Å². The first-order valence-corrected chi connectivity index (χ1v) is 11.0. The predicted octanol–water partition coefficient (Wildman–Crippen LogP) is 3.29. The molecule has 2 atom stereocenters. The van der Waals surface area contributed by atoms with Crippen LogP contribution in [0, 0.1) is 13.8 Å². The third kappa shape index (κ3) is 7.05. The fraction of sp³-hybridized carbons (Fsp3) is 0.571. The Hall–Kier alpha value is -1.46. The molecule has 1 saturated heterocycles. The summed E-state index contributed by atoms with van der Waals surface area (Å²) in [7, 11) is 1.79. The van der Waals surface area contributed by atoms with Crippen LogP contribution >= 0.6 is 35.3 Å². The monoisotopic (exact) mass is 544 g/mol. The molecule has 9 heteroatoms. The molecule has 0 saturated carbocycles. The number of halogens is 1. The van der Waals surface area contributed by atoms with Crippen LogP contribution in [-0.2, 0) is 17.7 Å². The molecule has 2 aromatic rings. The summed E-state index contributed by atoms with van der Waals surface area (Å²) in [6, 6.07) is 4.21. The summed E-state index contributed by atoms with van der Waals surface area (Å²) >= 11 is 1.77. The van der Waals surface area contributed by atoms with Gasteiger partial charge in [0.2, 0.25) is 0 Å². The molecule has 1 aliphatic heterocycles. The third-order valence-corrected chi connectivity index (χ3v) is 6.07. The van der Waals surface area contributed by atoms with Crippen LogP contribution in [0.4, 0.5) is 5.82 Å². The van der Waals surface area contributed by atoms with Crippen molar-refractivity contribution in [2.45, 2.75) is 52.9 Å². The van der Waals surface area contributed by atoms with Crippen molar-refractivity contribution in [3.05, 3.63) is 39.5 Å². The Morgan fingerprint density at radius 2 is 1.97 bits per heavy atom. The second-order valence-electron chi connectivity index (χ2n) is 7.54. The van der Waals surface area contributed by atoms with E-state index >= 15 is 0 Å². The lowest BCUT2D eigenvalue weighted by Crippen LogP contribution is -2.45. The average Bonchev–Trinajstić information content (AvgIpc) is 3.01. The van der Waals surface area contributed by atoms with E-state index in [0.717, 1.165) is 54.1 Å². The zero-order chi connectivity index (χ0) is 20.8. The van der Waals surface area contributed by atoms with Gasteiger partial charge in [-0.1, -0.05) is 6.07 Å². The van der Waals surface area contributed by atoms with Crippen molar-refractivity contribution in [3.63, 3.8) is 0 Å². The lowest BCUT2D eigenvalue weighted by Gasteiger charge is -2.36. The minimum Gasteiger partial charge on any atom is -0.372 e. The number of hydrogen-bond acceptors (Lipinski definition) is 6. The Labute approximate surface area is 200 Å². The van der Waals surface area contributed by atoms with Gasteiger partial charge in [-0.05, 0) is 39.3 Å². The van der Waals surface area contributed by atoms with E-state index in [2.05, 4.69) is 70.3 Å². The van der Waals surface area contributed by atoms with E-state index < -0.39 is 0 Å². The molecule has 0 aliphatic carbocycles. The molecule has 30 heavy (non-hydrogen) atoms. The maximum atomic E-state index is 5.80. The van der Waals surface area contributed by atoms with Crippen LogP contribution < -0.4 is 15.5 Å². The molecule has 2 aromatic heterocycles. The van der Waals surface area contributed by atoms with E-state index in [9.17, 15) is 0 Å². The van der Waals surface area contributed by atoms with E-state index in [0.29, 0.717) is 6.54 Å². The number of thiazole rings is 1. The van der Waals surface area contributed by atoms with Crippen LogP contribution in [0.5, 0.6) is 0 Å². The molecular formula is C21H33IN6OS. The number of nitrogens with one attached hydrogen (secondary N) is 2. The first kappa shape index (κ1) is 24.8. The standard InChI is InChI=1S/C21H32N6OS.HI/c1-14-12-27(13-15(2)28-14)19-7-6-18(10-24-19)11-25-21(22-5)23-9-8-20-26-16(3)17(4)29-20;/h6-7,10,14-15H,8-9,11-13H2,1-5H3,(H2,22,23,25);1H. The van der Waals surface area contributed by atoms with Crippen LogP contribution in [0.15, 0.2) is 23.3 Å². The van der Waals surface area contributed by atoms with Gasteiger partial charge in [0.1, 0.15) is 5.82 Å². The van der Waals surface area contributed by atoms with Crippen molar-refractivity contribution in [1.29, 1.82) is 0 Å². The van der Waals surface area contributed by atoms with Crippen LogP contribution in [0.2, 0.25) is 0 Å². The summed E-state index contributed by atoms with van der Waals surface area (Å²) in [6.45, 7) is 11.6. The third-order valence-electron chi connectivity index (χ3n) is 4.94. The minimum atomic E-state index is 0. The Balaban J connectivity index is 0.00000320. The van der Waals surface area contributed by atoms with Crippen molar-refractivity contribution in [1.82, 2.24) is 20.6 Å². The molecule has 3 heterocycles. The Bertz CT molecular complexity index is 796. The van der Waals surface area contributed by atoms with Crippen LogP contribution in [-0.4, -0.2) is 54.8 Å². The van der Waals surface area contributed by atoms with Gasteiger partial charge < -0.3 is 20.3 Å². The maximum Gasteiger partial charge on any atom is 0.191 e.